The molecule has 0 saturated heterocycles. The summed E-state index contributed by atoms with van der Waals surface area (Å²) < 4.78 is 62.2. The minimum atomic E-state index is -4.60. The third-order valence-electron chi connectivity index (χ3n) is 2.70. The summed E-state index contributed by atoms with van der Waals surface area (Å²) in [5.41, 5.74) is 0.689. The number of alkyl halides is 3. The van der Waals surface area contributed by atoms with E-state index in [-0.39, 0.29) is 0 Å². The molecule has 0 heterocycles. The normalized spacial score (nSPS) is 12.7. The van der Waals surface area contributed by atoms with Crippen LogP contribution in [0.5, 0.6) is 0 Å². The van der Waals surface area contributed by atoms with Gasteiger partial charge in [-0.2, -0.15) is 22.7 Å². The van der Waals surface area contributed by atoms with Gasteiger partial charge in [0.25, 0.3) is 0 Å². The van der Waals surface area contributed by atoms with Gasteiger partial charge in [-0.3, -0.25) is 0 Å². The molecule has 0 unspecified atom stereocenters. The Hall–Kier alpha value is -1.59. The Morgan fingerprint density at radius 1 is 1.24 bits per heavy atom. The Kier molecular flexibility index (Phi) is 5.36. The van der Waals surface area contributed by atoms with E-state index in [9.17, 15) is 21.6 Å². The summed E-state index contributed by atoms with van der Waals surface area (Å²) in [7, 11) is -4.10. The Bertz CT molecular complexity index is 616. The van der Waals surface area contributed by atoms with Crippen molar-refractivity contribution in [2.24, 2.45) is 0 Å². The summed E-state index contributed by atoms with van der Waals surface area (Å²) in [5, 5.41) is 8.65. The van der Waals surface area contributed by atoms with Crippen LogP contribution in [0.25, 0.3) is 0 Å². The van der Waals surface area contributed by atoms with Gasteiger partial charge in [-0.15, -0.1) is 0 Å². The number of nitriles is 1. The molecule has 0 aliphatic carbocycles. The first kappa shape index (κ1) is 17.5. The summed E-state index contributed by atoms with van der Waals surface area (Å²) in [5.74, 6) is -0.535. The molecule has 0 amide bonds. The van der Waals surface area contributed by atoms with Crippen LogP contribution in [0.4, 0.5) is 13.2 Å². The van der Waals surface area contributed by atoms with Crippen molar-refractivity contribution in [3.63, 3.8) is 0 Å². The molecule has 8 heteroatoms. The van der Waals surface area contributed by atoms with Gasteiger partial charge >= 0.3 is 6.18 Å². The standard InChI is InChI=1S/C13H15F3N2O2S/c1-10(2)18(9-13(14,15)16)21(19,20)8-12-5-3-11(7-17)4-6-12/h3-6,10H,8-9H2,1-2H3. The highest BCUT2D eigenvalue weighted by atomic mass is 32.2. The second-order valence-electron chi connectivity index (χ2n) is 4.82. The first-order chi connectivity index (χ1) is 9.55. The van der Waals surface area contributed by atoms with Crippen LogP contribution in [0.3, 0.4) is 0 Å². The molecule has 0 saturated carbocycles. The maximum Gasteiger partial charge on any atom is 0.402 e. The maximum absolute atomic E-state index is 12.5. The zero-order valence-corrected chi connectivity index (χ0v) is 12.4. The zero-order valence-electron chi connectivity index (χ0n) is 11.6. The van der Waals surface area contributed by atoms with Crippen molar-refractivity contribution in [3.05, 3.63) is 35.4 Å². The van der Waals surface area contributed by atoms with Gasteiger partial charge in [0, 0.05) is 6.04 Å². The lowest BCUT2D eigenvalue weighted by Crippen LogP contribution is -2.43. The number of nitrogens with zero attached hydrogens (tertiary/aromatic N) is 2. The van der Waals surface area contributed by atoms with Crippen molar-refractivity contribution in [1.82, 2.24) is 4.31 Å². The van der Waals surface area contributed by atoms with E-state index in [4.69, 9.17) is 5.26 Å². The molecular weight excluding hydrogens is 305 g/mol. The molecule has 0 radical (unpaired) electrons. The summed E-state index contributed by atoms with van der Waals surface area (Å²) in [6, 6.07) is 6.77. The van der Waals surface area contributed by atoms with E-state index in [1.165, 1.54) is 38.1 Å². The number of hydrogen-bond acceptors (Lipinski definition) is 3. The lowest BCUT2D eigenvalue weighted by molar-refractivity contribution is -0.138. The molecule has 116 valence electrons. The van der Waals surface area contributed by atoms with Crippen LogP contribution in [0.1, 0.15) is 25.0 Å². The topological polar surface area (TPSA) is 61.2 Å². The van der Waals surface area contributed by atoms with Crippen LogP contribution < -0.4 is 0 Å². The van der Waals surface area contributed by atoms with Crippen LogP contribution in [0.2, 0.25) is 0 Å². The highest BCUT2D eigenvalue weighted by Gasteiger charge is 2.37. The summed E-state index contributed by atoms with van der Waals surface area (Å²) in [4.78, 5) is 0. The molecule has 0 atom stereocenters. The van der Waals surface area contributed by atoms with Gasteiger partial charge in [0.2, 0.25) is 10.0 Å². The van der Waals surface area contributed by atoms with Gasteiger partial charge in [0.15, 0.2) is 0 Å². The van der Waals surface area contributed by atoms with E-state index in [0.29, 0.717) is 15.4 Å². The molecular formula is C13H15F3N2O2S. The first-order valence-corrected chi connectivity index (χ1v) is 7.71. The van der Waals surface area contributed by atoms with Gasteiger partial charge in [-0.05, 0) is 31.5 Å². The van der Waals surface area contributed by atoms with E-state index in [0.717, 1.165) is 0 Å². The van der Waals surface area contributed by atoms with Gasteiger partial charge in [0.05, 0.1) is 17.4 Å². The van der Waals surface area contributed by atoms with E-state index in [2.05, 4.69) is 0 Å². The Labute approximate surface area is 121 Å². The largest absolute Gasteiger partial charge is 0.402 e. The van der Waals surface area contributed by atoms with Crippen molar-refractivity contribution < 1.29 is 21.6 Å². The fourth-order valence-electron chi connectivity index (χ4n) is 1.75. The SMILES string of the molecule is CC(C)N(CC(F)(F)F)S(=O)(=O)Cc1ccc(C#N)cc1. The van der Waals surface area contributed by atoms with Gasteiger partial charge in [-0.1, -0.05) is 12.1 Å². The predicted molar refractivity (Wildman–Crippen MR) is 71.7 cm³/mol. The van der Waals surface area contributed by atoms with Gasteiger partial charge in [-0.25, -0.2) is 8.42 Å². The summed E-state index contributed by atoms with van der Waals surface area (Å²) in [6.07, 6.45) is -4.60. The van der Waals surface area contributed by atoms with Crippen LogP contribution in [-0.4, -0.2) is 31.5 Å². The number of sulfonamides is 1. The van der Waals surface area contributed by atoms with Gasteiger partial charge in [0.1, 0.15) is 6.54 Å². The fraction of sp³-hybridized carbons (Fsp3) is 0.462. The van der Waals surface area contributed by atoms with E-state index >= 15 is 0 Å². The number of benzene rings is 1. The molecule has 0 bridgehead atoms. The number of hydrogen-bond donors (Lipinski definition) is 0. The first-order valence-electron chi connectivity index (χ1n) is 6.10. The number of halogens is 3. The molecule has 1 rings (SSSR count). The van der Waals surface area contributed by atoms with E-state index < -0.39 is 34.5 Å². The van der Waals surface area contributed by atoms with Crippen molar-refractivity contribution >= 4 is 10.0 Å². The Balaban J connectivity index is 2.98. The molecule has 0 aliphatic heterocycles. The Morgan fingerprint density at radius 3 is 2.14 bits per heavy atom. The minimum absolute atomic E-state index is 0.335. The maximum atomic E-state index is 12.5. The monoisotopic (exact) mass is 320 g/mol. The van der Waals surface area contributed by atoms with Crippen LogP contribution in [0.15, 0.2) is 24.3 Å². The summed E-state index contributed by atoms with van der Waals surface area (Å²) in [6.45, 7) is 1.27. The fourth-order valence-corrected chi connectivity index (χ4v) is 3.51. The van der Waals surface area contributed by atoms with Crippen molar-refractivity contribution in [2.75, 3.05) is 6.54 Å². The average Bonchev–Trinajstić information content (AvgIpc) is 2.35. The highest BCUT2D eigenvalue weighted by molar-refractivity contribution is 7.88. The van der Waals surface area contributed by atoms with E-state index in [1.54, 1.807) is 0 Å². The minimum Gasteiger partial charge on any atom is -0.212 e. The van der Waals surface area contributed by atoms with E-state index in [1.807, 2.05) is 6.07 Å². The number of rotatable bonds is 5. The lowest BCUT2D eigenvalue weighted by atomic mass is 10.2. The van der Waals surface area contributed by atoms with Crippen LogP contribution in [0, 0.1) is 11.3 Å². The lowest BCUT2D eigenvalue weighted by Gasteiger charge is -2.26. The third-order valence-corrected chi connectivity index (χ3v) is 4.66. The molecule has 0 N–H and O–H groups in total. The zero-order chi connectivity index (χ0) is 16.3. The molecule has 1 aromatic rings. The molecule has 21 heavy (non-hydrogen) atoms. The molecule has 4 nitrogen and oxygen atoms in total. The second kappa shape index (κ2) is 6.45. The molecule has 0 aromatic heterocycles. The Morgan fingerprint density at radius 2 is 1.76 bits per heavy atom. The summed E-state index contributed by atoms with van der Waals surface area (Å²) >= 11 is 0. The molecule has 1 aromatic carbocycles. The van der Waals surface area contributed by atoms with Crippen LogP contribution >= 0.6 is 0 Å². The van der Waals surface area contributed by atoms with Crippen LogP contribution in [-0.2, 0) is 15.8 Å². The van der Waals surface area contributed by atoms with Gasteiger partial charge < -0.3 is 0 Å². The predicted octanol–water partition coefficient (Wildman–Crippen LogP) is 2.66. The molecule has 0 spiro atoms. The smallest absolute Gasteiger partial charge is 0.212 e. The second-order valence-corrected chi connectivity index (χ2v) is 6.74. The third kappa shape index (κ3) is 5.36. The molecule has 0 aliphatic rings. The quantitative estimate of drug-likeness (QED) is 0.838. The average molecular weight is 320 g/mol. The van der Waals surface area contributed by atoms with Crippen molar-refractivity contribution in [2.45, 2.75) is 31.8 Å². The highest BCUT2D eigenvalue weighted by Crippen LogP contribution is 2.22. The van der Waals surface area contributed by atoms with Crippen molar-refractivity contribution in [1.29, 1.82) is 5.26 Å². The van der Waals surface area contributed by atoms with Crippen molar-refractivity contribution in [3.8, 4) is 6.07 Å². The molecule has 0 fully saturated rings.